The minimum absolute atomic E-state index is 0.0719. The van der Waals surface area contributed by atoms with Crippen LogP contribution in [0.25, 0.3) is 0 Å². The second-order valence-corrected chi connectivity index (χ2v) is 6.95. The first kappa shape index (κ1) is 15.8. The fourth-order valence-electron chi connectivity index (χ4n) is 3.03. The van der Waals surface area contributed by atoms with E-state index >= 15 is 0 Å². The van der Waals surface area contributed by atoms with E-state index in [4.69, 9.17) is 9.29 Å². The van der Waals surface area contributed by atoms with Crippen LogP contribution in [0.15, 0.2) is 30.3 Å². The number of carbonyl (C=O) groups is 2. The van der Waals surface area contributed by atoms with E-state index in [9.17, 15) is 18.0 Å². The van der Waals surface area contributed by atoms with Gasteiger partial charge in [-0.2, -0.15) is 8.42 Å². The van der Waals surface area contributed by atoms with E-state index in [2.05, 4.69) is 0 Å². The Morgan fingerprint density at radius 3 is 2.61 bits per heavy atom. The average Bonchev–Trinajstić information content (AvgIpc) is 2.97. The molecule has 23 heavy (non-hydrogen) atoms. The van der Waals surface area contributed by atoms with Crippen molar-refractivity contribution in [1.29, 1.82) is 0 Å². The van der Waals surface area contributed by atoms with Crippen molar-refractivity contribution in [3.63, 3.8) is 0 Å². The molecule has 1 N–H and O–H groups in total. The normalized spacial score (nSPS) is 24.0. The monoisotopic (exact) mass is 340 g/mol. The molecule has 8 nitrogen and oxygen atoms in total. The third-order valence-electron chi connectivity index (χ3n) is 4.22. The fourth-order valence-corrected chi connectivity index (χ4v) is 3.79. The lowest BCUT2D eigenvalue weighted by Gasteiger charge is -2.48. The molecule has 9 heteroatoms. The van der Waals surface area contributed by atoms with Gasteiger partial charge in [-0.25, -0.2) is 9.10 Å². The summed E-state index contributed by atoms with van der Waals surface area (Å²) >= 11 is 0. The molecule has 0 bridgehead atoms. The maximum atomic E-state index is 12.2. The van der Waals surface area contributed by atoms with Crippen LogP contribution in [0.1, 0.15) is 18.4 Å². The molecule has 0 aliphatic carbocycles. The smallest absolute Gasteiger partial charge is 0.411 e. The lowest BCUT2D eigenvalue weighted by atomic mass is 9.88. The van der Waals surface area contributed by atoms with Gasteiger partial charge in [-0.05, 0) is 18.4 Å². The van der Waals surface area contributed by atoms with Gasteiger partial charge in [0.15, 0.2) is 0 Å². The van der Waals surface area contributed by atoms with Crippen molar-refractivity contribution in [1.82, 2.24) is 9.21 Å². The van der Waals surface area contributed by atoms with E-state index in [1.807, 2.05) is 30.3 Å². The molecule has 2 amide bonds. The zero-order chi connectivity index (χ0) is 16.7. The first-order valence-corrected chi connectivity index (χ1v) is 8.52. The molecule has 1 atom stereocenters. The van der Waals surface area contributed by atoms with Gasteiger partial charge in [0.25, 0.3) is 5.91 Å². The van der Waals surface area contributed by atoms with Crippen molar-refractivity contribution in [2.24, 2.45) is 0 Å². The van der Waals surface area contributed by atoms with E-state index in [1.165, 1.54) is 4.90 Å². The molecule has 1 aromatic rings. The van der Waals surface area contributed by atoms with Gasteiger partial charge in [-0.3, -0.25) is 14.2 Å². The topological polar surface area (TPSA) is 104 Å². The van der Waals surface area contributed by atoms with Gasteiger partial charge in [0, 0.05) is 6.54 Å². The number of nitrogens with zero attached hydrogens (tertiary/aromatic N) is 2. The summed E-state index contributed by atoms with van der Waals surface area (Å²) in [5.74, 6) is -0.783. The van der Waals surface area contributed by atoms with Crippen LogP contribution >= 0.6 is 0 Å². The van der Waals surface area contributed by atoms with Crippen molar-refractivity contribution in [3.8, 4) is 0 Å². The highest BCUT2D eigenvalue weighted by Gasteiger charge is 2.63. The van der Waals surface area contributed by atoms with E-state index in [0.29, 0.717) is 23.7 Å². The van der Waals surface area contributed by atoms with Crippen LogP contribution < -0.4 is 0 Å². The minimum atomic E-state index is -4.58. The predicted octanol–water partition coefficient (Wildman–Crippen LogP) is 0.803. The summed E-state index contributed by atoms with van der Waals surface area (Å²) in [4.78, 5) is 25.7. The van der Waals surface area contributed by atoms with Crippen molar-refractivity contribution < 1.29 is 27.3 Å². The second-order valence-electron chi connectivity index (χ2n) is 5.62. The van der Waals surface area contributed by atoms with Crippen LogP contribution in [0.3, 0.4) is 0 Å². The maximum absolute atomic E-state index is 12.2. The van der Waals surface area contributed by atoms with E-state index in [-0.39, 0.29) is 13.2 Å². The van der Waals surface area contributed by atoms with E-state index < -0.39 is 27.8 Å². The van der Waals surface area contributed by atoms with Crippen molar-refractivity contribution in [2.45, 2.75) is 25.0 Å². The van der Waals surface area contributed by atoms with Gasteiger partial charge in [0.2, 0.25) is 0 Å². The van der Waals surface area contributed by atoms with Gasteiger partial charge in [0.1, 0.15) is 12.1 Å². The summed E-state index contributed by atoms with van der Waals surface area (Å²) in [6.45, 7) is 0.159. The molecule has 124 valence electrons. The summed E-state index contributed by atoms with van der Waals surface area (Å²) in [5, 5.41) is 0. The SMILES string of the molecule is O=C(OCc1ccccc1)N1CCCC12CN(S(=O)(=O)O)C2=O. The van der Waals surface area contributed by atoms with Crippen molar-refractivity contribution >= 4 is 22.3 Å². The molecule has 0 aromatic heterocycles. The molecule has 0 radical (unpaired) electrons. The quantitative estimate of drug-likeness (QED) is 0.645. The summed E-state index contributed by atoms with van der Waals surface area (Å²) in [6.07, 6.45) is 0.277. The summed E-state index contributed by atoms with van der Waals surface area (Å²) in [5.41, 5.74) is -0.391. The molecule has 2 saturated heterocycles. The number of amides is 2. The van der Waals surface area contributed by atoms with Crippen LogP contribution in [-0.2, 0) is 26.4 Å². The lowest BCUT2D eigenvalue weighted by Crippen LogP contribution is -2.73. The van der Waals surface area contributed by atoms with Gasteiger partial charge < -0.3 is 4.74 Å². The van der Waals surface area contributed by atoms with Crippen LogP contribution in [-0.4, -0.2) is 52.8 Å². The van der Waals surface area contributed by atoms with Crippen LogP contribution in [0, 0.1) is 0 Å². The van der Waals surface area contributed by atoms with Gasteiger partial charge in [-0.15, -0.1) is 0 Å². The highest BCUT2D eigenvalue weighted by molar-refractivity contribution is 7.84. The summed E-state index contributed by atoms with van der Waals surface area (Å²) < 4.78 is 36.7. The standard InChI is InChI=1S/C14H16N2O6S/c17-12-14(10-16(12)23(19,20)21)7-4-8-15(14)13(18)22-9-11-5-2-1-3-6-11/h1-3,5-6H,4,7-10H2,(H,19,20,21). The molecule has 2 aliphatic heterocycles. The van der Waals surface area contributed by atoms with Crippen molar-refractivity contribution in [3.05, 3.63) is 35.9 Å². The Bertz CT molecular complexity index is 735. The molecule has 1 unspecified atom stereocenters. The largest absolute Gasteiger partial charge is 0.445 e. The minimum Gasteiger partial charge on any atom is -0.445 e. The zero-order valence-corrected chi connectivity index (χ0v) is 13.0. The number of hydrogen-bond acceptors (Lipinski definition) is 5. The Labute approximate surface area is 133 Å². The van der Waals surface area contributed by atoms with Gasteiger partial charge >= 0.3 is 16.4 Å². The molecular formula is C14H16N2O6S. The molecule has 2 heterocycles. The fraction of sp³-hybridized carbons (Fsp3) is 0.429. The Kier molecular flexibility index (Phi) is 3.77. The molecular weight excluding hydrogens is 324 g/mol. The summed E-state index contributed by atoms with van der Waals surface area (Å²) in [7, 11) is -4.58. The summed E-state index contributed by atoms with van der Waals surface area (Å²) in [6, 6.07) is 9.10. The maximum Gasteiger partial charge on any atom is 0.411 e. The molecule has 0 saturated carbocycles. The highest BCUT2D eigenvalue weighted by Crippen LogP contribution is 2.40. The van der Waals surface area contributed by atoms with Crippen LogP contribution in [0.5, 0.6) is 0 Å². The Hall–Kier alpha value is -2.13. The lowest BCUT2D eigenvalue weighted by molar-refractivity contribution is -0.151. The molecule has 3 rings (SSSR count). The Morgan fingerprint density at radius 2 is 2.00 bits per heavy atom. The number of benzene rings is 1. The number of likely N-dealkylation sites (tertiary alicyclic amines) is 1. The molecule has 1 aromatic carbocycles. The first-order chi connectivity index (χ1) is 10.8. The van der Waals surface area contributed by atoms with Gasteiger partial charge in [-0.1, -0.05) is 30.3 Å². The first-order valence-electron chi connectivity index (χ1n) is 7.12. The van der Waals surface area contributed by atoms with Crippen LogP contribution in [0.2, 0.25) is 0 Å². The molecule has 1 spiro atoms. The number of hydrogen-bond donors (Lipinski definition) is 1. The third kappa shape index (κ3) is 2.66. The van der Waals surface area contributed by atoms with Gasteiger partial charge in [0.05, 0.1) is 6.54 Å². The Morgan fingerprint density at radius 1 is 1.30 bits per heavy atom. The number of ether oxygens (including phenoxy) is 1. The van der Waals surface area contributed by atoms with E-state index in [1.54, 1.807) is 0 Å². The molecule has 2 fully saturated rings. The number of carbonyl (C=O) groups excluding carboxylic acids is 2. The third-order valence-corrected chi connectivity index (χ3v) is 5.07. The second kappa shape index (κ2) is 5.50. The highest BCUT2D eigenvalue weighted by atomic mass is 32.2. The zero-order valence-electron chi connectivity index (χ0n) is 12.2. The molecule has 2 aliphatic rings. The number of rotatable bonds is 3. The average molecular weight is 340 g/mol. The van der Waals surface area contributed by atoms with E-state index in [0.717, 1.165) is 5.56 Å². The van der Waals surface area contributed by atoms with Crippen LogP contribution in [0.4, 0.5) is 4.79 Å². The van der Waals surface area contributed by atoms with Crippen molar-refractivity contribution in [2.75, 3.05) is 13.1 Å². The predicted molar refractivity (Wildman–Crippen MR) is 78.6 cm³/mol. The number of β-lactam (4-membered cyclic amide) rings is 1. The Balaban J connectivity index is 1.68.